The van der Waals surface area contributed by atoms with E-state index in [9.17, 15) is 0 Å². The Balaban J connectivity index is 1.82. The fraction of sp³-hybridized carbons (Fsp3) is 0.312. The van der Waals surface area contributed by atoms with E-state index in [0.717, 1.165) is 30.8 Å². The Morgan fingerprint density at radius 1 is 1.05 bits per heavy atom. The molecule has 0 amide bonds. The molecule has 0 radical (unpaired) electrons. The van der Waals surface area contributed by atoms with Crippen LogP contribution in [0.5, 0.6) is 0 Å². The Hall–Kier alpha value is -1.71. The standard InChI is InChI=1S/C16H21N3/c1-19(10-9-14-5-3-2-4-6-14)13-16-8-7-15(11-17)12-18-16/h2-8,12H,9-11,13,17H2,1H3. The first-order valence-corrected chi connectivity index (χ1v) is 6.64. The average Bonchev–Trinajstić information content (AvgIpc) is 2.47. The highest BCUT2D eigenvalue weighted by Crippen LogP contribution is 2.05. The lowest BCUT2D eigenvalue weighted by Gasteiger charge is -2.16. The Morgan fingerprint density at radius 2 is 1.84 bits per heavy atom. The lowest BCUT2D eigenvalue weighted by atomic mass is 10.1. The fourth-order valence-corrected chi connectivity index (χ4v) is 1.99. The quantitative estimate of drug-likeness (QED) is 0.860. The molecule has 1 aromatic carbocycles. The molecule has 0 bridgehead atoms. The molecule has 0 unspecified atom stereocenters. The van der Waals surface area contributed by atoms with Crippen LogP contribution in [0.15, 0.2) is 48.7 Å². The number of benzene rings is 1. The summed E-state index contributed by atoms with van der Waals surface area (Å²) in [6.45, 7) is 2.46. The van der Waals surface area contributed by atoms with Crippen LogP contribution in [-0.2, 0) is 19.5 Å². The SMILES string of the molecule is CN(CCc1ccccc1)Cc1ccc(CN)cn1. The highest BCUT2D eigenvalue weighted by Gasteiger charge is 2.02. The van der Waals surface area contributed by atoms with Crippen LogP contribution in [-0.4, -0.2) is 23.5 Å². The maximum Gasteiger partial charge on any atom is 0.0544 e. The topological polar surface area (TPSA) is 42.1 Å². The number of hydrogen-bond donors (Lipinski definition) is 1. The molecule has 1 aromatic heterocycles. The first kappa shape index (κ1) is 13.7. The molecule has 0 fully saturated rings. The van der Waals surface area contributed by atoms with E-state index in [1.807, 2.05) is 12.3 Å². The second-order valence-corrected chi connectivity index (χ2v) is 4.84. The zero-order valence-corrected chi connectivity index (χ0v) is 11.4. The van der Waals surface area contributed by atoms with Crippen LogP contribution in [0.2, 0.25) is 0 Å². The molecule has 0 atom stereocenters. The van der Waals surface area contributed by atoms with Crippen molar-refractivity contribution < 1.29 is 0 Å². The van der Waals surface area contributed by atoms with Gasteiger partial charge in [-0.2, -0.15) is 0 Å². The van der Waals surface area contributed by atoms with Crippen molar-refractivity contribution in [2.75, 3.05) is 13.6 Å². The smallest absolute Gasteiger partial charge is 0.0544 e. The Morgan fingerprint density at radius 3 is 2.47 bits per heavy atom. The fourth-order valence-electron chi connectivity index (χ4n) is 1.99. The van der Waals surface area contributed by atoms with E-state index in [4.69, 9.17) is 5.73 Å². The highest BCUT2D eigenvalue weighted by atomic mass is 15.1. The van der Waals surface area contributed by atoms with Crippen LogP contribution in [0.4, 0.5) is 0 Å². The van der Waals surface area contributed by atoms with Crippen molar-refractivity contribution in [1.29, 1.82) is 0 Å². The molecule has 2 rings (SSSR count). The summed E-state index contributed by atoms with van der Waals surface area (Å²) in [5.74, 6) is 0. The molecule has 0 saturated carbocycles. The van der Waals surface area contributed by atoms with Gasteiger partial charge in [0.2, 0.25) is 0 Å². The molecule has 3 heteroatoms. The third-order valence-electron chi connectivity index (χ3n) is 3.18. The summed E-state index contributed by atoms with van der Waals surface area (Å²) in [7, 11) is 2.13. The summed E-state index contributed by atoms with van der Waals surface area (Å²) >= 11 is 0. The monoisotopic (exact) mass is 255 g/mol. The molecule has 2 N–H and O–H groups in total. The Labute approximate surface area is 115 Å². The van der Waals surface area contributed by atoms with E-state index >= 15 is 0 Å². The number of nitrogens with two attached hydrogens (primary N) is 1. The summed E-state index contributed by atoms with van der Waals surface area (Å²) in [5, 5.41) is 0. The van der Waals surface area contributed by atoms with Gasteiger partial charge >= 0.3 is 0 Å². The van der Waals surface area contributed by atoms with Gasteiger partial charge in [0.15, 0.2) is 0 Å². The average molecular weight is 255 g/mol. The predicted molar refractivity (Wildman–Crippen MR) is 78.6 cm³/mol. The molecule has 0 spiro atoms. The minimum Gasteiger partial charge on any atom is -0.326 e. The number of nitrogens with zero attached hydrogens (tertiary/aromatic N) is 2. The van der Waals surface area contributed by atoms with Crippen molar-refractivity contribution in [3.63, 3.8) is 0 Å². The maximum absolute atomic E-state index is 5.56. The Bertz CT molecular complexity index is 479. The lowest BCUT2D eigenvalue weighted by molar-refractivity contribution is 0.327. The lowest BCUT2D eigenvalue weighted by Crippen LogP contribution is -2.21. The van der Waals surface area contributed by atoms with Gasteiger partial charge in [-0.3, -0.25) is 4.98 Å². The van der Waals surface area contributed by atoms with E-state index in [-0.39, 0.29) is 0 Å². The van der Waals surface area contributed by atoms with Crippen molar-refractivity contribution >= 4 is 0 Å². The largest absolute Gasteiger partial charge is 0.326 e. The van der Waals surface area contributed by atoms with Crippen LogP contribution in [0.3, 0.4) is 0 Å². The first-order chi connectivity index (χ1) is 9.28. The van der Waals surface area contributed by atoms with Gasteiger partial charge in [-0.25, -0.2) is 0 Å². The van der Waals surface area contributed by atoms with Gasteiger partial charge in [0.25, 0.3) is 0 Å². The van der Waals surface area contributed by atoms with Crippen molar-refractivity contribution in [2.24, 2.45) is 5.73 Å². The maximum atomic E-state index is 5.56. The van der Waals surface area contributed by atoms with Crippen molar-refractivity contribution in [2.45, 2.75) is 19.5 Å². The summed E-state index contributed by atoms with van der Waals surface area (Å²) in [6, 6.07) is 14.7. The summed E-state index contributed by atoms with van der Waals surface area (Å²) in [5.41, 5.74) is 9.11. The molecular formula is C16H21N3. The van der Waals surface area contributed by atoms with Crippen LogP contribution in [0.25, 0.3) is 0 Å². The summed E-state index contributed by atoms with van der Waals surface area (Å²) in [6.07, 6.45) is 2.93. The van der Waals surface area contributed by atoms with Crippen molar-refractivity contribution in [3.8, 4) is 0 Å². The number of pyridine rings is 1. The molecule has 0 aliphatic carbocycles. The molecule has 3 nitrogen and oxygen atoms in total. The van der Waals surface area contributed by atoms with Gasteiger partial charge in [0, 0.05) is 25.8 Å². The summed E-state index contributed by atoms with van der Waals surface area (Å²) in [4.78, 5) is 6.71. The van der Waals surface area contributed by atoms with E-state index in [0.29, 0.717) is 6.54 Å². The molecule has 2 aromatic rings. The summed E-state index contributed by atoms with van der Waals surface area (Å²) < 4.78 is 0. The minimum atomic E-state index is 0.553. The number of rotatable bonds is 6. The number of aromatic nitrogens is 1. The zero-order chi connectivity index (χ0) is 13.5. The second kappa shape index (κ2) is 7.02. The van der Waals surface area contributed by atoms with Crippen LogP contribution in [0.1, 0.15) is 16.8 Å². The molecule has 100 valence electrons. The third-order valence-corrected chi connectivity index (χ3v) is 3.18. The van der Waals surface area contributed by atoms with Crippen molar-refractivity contribution in [3.05, 3.63) is 65.5 Å². The molecule has 0 aliphatic rings. The molecule has 1 heterocycles. The normalized spacial score (nSPS) is 10.9. The highest BCUT2D eigenvalue weighted by molar-refractivity contribution is 5.15. The van der Waals surface area contributed by atoms with Gasteiger partial charge in [0.05, 0.1) is 5.69 Å². The Kier molecular flexibility index (Phi) is 5.07. The van der Waals surface area contributed by atoms with Gasteiger partial charge in [-0.1, -0.05) is 36.4 Å². The first-order valence-electron chi connectivity index (χ1n) is 6.64. The van der Waals surface area contributed by atoms with Gasteiger partial charge in [-0.15, -0.1) is 0 Å². The molecule has 0 saturated heterocycles. The van der Waals surface area contributed by atoms with Gasteiger partial charge < -0.3 is 10.6 Å². The molecule has 0 aliphatic heterocycles. The van der Waals surface area contributed by atoms with E-state index in [1.54, 1.807) is 0 Å². The third kappa shape index (κ3) is 4.47. The van der Waals surface area contributed by atoms with E-state index < -0.39 is 0 Å². The van der Waals surface area contributed by atoms with Crippen LogP contribution < -0.4 is 5.73 Å². The van der Waals surface area contributed by atoms with Crippen LogP contribution >= 0.6 is 0 Å². The van der Waals surface area contributed by atoms with E-state index in [2.05, 4.69) is 53.3 Å². The van der Waals surface area contributed by atoms with Gasteiger partial charge in [0.1, 0.15) is 0 Å². The number of likely N-dealkylation sites (N-methyl/N-ethyl adjacent to an activating group) is 1. The number of hydrogen-bond acceptors (Lipinski definition) is 3. The van der Waals surface area contributed by atoms with Crippen molar-refractivity contribution in [1.82, 2.24) is 9.88 Å². The predicted octanol–water partition coefficient (Wildman–Crippen LogP) is 2.21. The molecular weight excluding hydrogens is 234 g/mol. The van der Waals surface area contributed by atoms with Gasteiger partial charge in [-0.05, 0) is 30.7 Å². The van der Waals surface area contributed by atoms with Crippen LogP contribution in [0, 0.1) is 0 Å². The molecule has 19 heavy (non-hydrogen) atoms. The zero-order valence-electron chi connectivity index (χ0n) is 11.4. The second-order valence-electron chi connectivity index (χ2n) is 4.84. The minimum absolute atomic E-state index is 0.553. The van der Waals surface area contributed by atoms with E-state index in [1.165, 1.54) is 5.56 Å².